The second-order valence-electron chi connectivity index (χ2n) is 5.75. The van der Waals surface area contributed by atoms with Crippen LogP contribution in [-0.2, 0) is 0 Å². The van der Waals surface area contributed by atoms with Gasteiger partial charge in [-0.2, -0.15) is 4.98 Å². The number of furan rings is 1. The van der Waals surface area contributed by atoms with E-state index in [1.54, 1.807) is 13.0 Å². The molecule has 1 saturated heterocycles. The SMILES string of the molecule is Cc1noc(C2CN(C(=O)c3cc(C)oc3C)CCN2C)n1. The van der Waals surface area contributed by atoms with Crippen LogP contribution in [0.1, 0.15) is 39.6 Å². The molecule has 0 radical (unpaired) electrons. The van der Waals surface area contributed by atoms with E-state index in [1.807, 2.05) is 25.8 Å². The van der Waals surface area contributed by atoms with E-state index in [9.17, 15) is 4.79 Å². The summed E-state index contributed by atoms with van der Waals surface area (Å²) < 4.78 is 10.7. The molecule has 1 atom stereocenters. The number of rotatable bonds is 2. The maximum atomic E-state index is 12.7. The molecule has 118 valence electrons. The lowest BCUT2D eigenvalue weighted by molar-refractivity contribution is 0.0487. The molecule has 7 heteroatoms. The minimum atomic E-state index is -0.0767. The van der Waals surface area contributed by atoms with Crippen LogP contribution in [0, 0.1) is 20.8 Å². The first kappa shape index (κ1) is 14.8. The Morgan fingerprint density at radius 3 is 2.68 bits per heavy atom. The summed E-state index contributed by atoms with van der Waals surface area (Å²) in [5.41, 5.74) is 0.627. The van der Waals surface area contributed by atoms with Gasteiger partial charge in [0.05, 0.1) is 5.56 Å². The molecular formula is C15H20N4O3. The van der Waals surface area contributed by atoms with Crippen LogP contribution < -0.4 is 0 Å². The van der Waals surface area contributed by atoms with Gasteiger partial charge in [-0.05, 0) is 33.9 Å². The van der Waals surface area contributed by atoms with E-state index in [0.29, 0.717) is 36.1 Å². The molecule has 0 bridgehead atoms. The van der Waals surface area contributed by atoms with Gasteiger partial charge in [-0.15, -0.1) is 0 Å². The van der Waals surface area contributed by atoms with Gasteiger partial charge >= 0.3 is 0 Å². The molecule has 3 heterocycles. The van der Waals surface area contributed by atoms with E-state index < -0.39 is 0 Å². The quantitative estimate of drug-likeness (QED) is 0.841. The summed E-state index contributed by atoms with van der Waals surface area (Å²) in [5, 5.41) is 3.84. The summed E-state index contributed by atoms with van der Waals surface area (Å²) in [6.07, 6.45) is 0. The van der Waals surface area contributed by atoms with Gasteiger partial charge in [0.15, 0.2) is 5.82 Å². The normalized spacial score (nSPS) is 19.6. The highest BCUT2D eigenvalue weighted by Crippen LogP contribution is 2.25. The van der Waals surface area contributed by atoms with Crippen LogP contribution in [0.3, 0.4) is 0 Å². The lowest BCUT2D eigenvalue weighted by Gasteiger charge is -2.37. The third-order valence-electron chi connectivity index (χ3n) is 4.03. The van der Waals surface area contributed by atoms with Gasteiger partial charge in [-0.25, -0.2) is 0 Å². The highest BCUT2D eigenvalue weighted by molar-refractivity contribution is 5.95. The fourth-order valence-electron chi connectivity index (χ4n) is 2.79. The van der Waals surface area contributed by atoms with Crippen molar-refractivity contribution in [3.05, 3.63) is 34.9 Å². The molecule has 0 aromatic carbocycles. The molecule has 1 unspecified atom stereocenters. The summed E-state index contributed by atoms with van der Waals surface area (Å²) in [7, 11) is 2.00. The molecule has 0 saturated carbocycles. The molecule has 1 fully saturated rings. The predicted molar refractivity (Wildman–Crippen MR) is 78.5 cm³/mol. The van der Waals surface area contributed by atoms with Crippen molar-refractivity contribution in [1.82, 2.24) is 19.9 Å². The lowest BCUT2D eigenvalue weighted by atomic mass is 10.1. The summed E-state index contributed by atoms with van der Waals surface area (Å²) in [4.78, 5) is 21.0. The number of amides is 1. The monoisotopic (exact) mass is 304 g/mol. The first-order chi connectivity index (χ1) is 10.5. The van der Waals surface area contributed by atoms with E-state index in [0.717, 1.165) is 12.3 Å². The van der Waals surface area contributed by atoms with Crippen LogP contribution >= 0.6 is 0 Å². The van der Waals surface area contributed by atoms with E-state index in [2.05, 4.69) is 15.0 Å². The summed E-state index contributed by atoms with van der Waals surface area (Å²) in [5.74, 6) is 2.56. The average molecular weight is 304 g/mol. The fraction of sp³-hybridized carbons (Fsp3) is 0.533. The Bertz CT molecular complexity index is 691. The van der Waals surface area contributed by atoms with Gasteiger partial charge in [0.1, 0.15) is 17.6 Å². The van der Waals surface area contributed by atoms with Crippen molar-refractivity contribution in [2.24, 2.45) is 0 Å². The molecule has 1 amide bonds. The Labute approximate surface area is 128 Å². The number of aryl methyl sites for hydroxylation is 3. The minimum Gasteiger partial charge on any atom is -0.466 e. The van der Waals surface area contributed by atoms with Gasteiger partial charge in [0.2, 0.25) is 5.89 Å². The second kappa shape index (κ2) is 5.57. The zero-order valence-electron chi connectivity index (χ0n) is 13.3. The minimum absolute atomic E-state index is 0.0105. The Morgan fingerprint density at radius 1 is 1.32 bits per heavy atom. The Kier molecular flexibility index (Phi) is 3.74. The van der Waals surface area contributed by atoms with Gasteiger partial charge in [0, 0.05) is 19.6 Å². The van der Waals surface area contributed by atoms with Crippen molar-refractivity contribution < 1.29 is 13.7 Å². The number of carbonyl (C=O) groups is 1. The fourth-order valence-corrected chi connectivity index (χ4v) is 2.79. The number of hydrogen-bond donors (Lipinski definition) is 0. The van der Waals surface area contributed by atoms with Gasteiger partial charge in [-0.3, -0.25) is 9.69 Å². The Balaban J connectivity index is 1.81. The average Bonchev–Trinajstić information content (AvgIpc) is 3.04. The van der Waals surface area contributed by atoms with Crippen molar-refractivity contribution >= 4 is 5.91 Å². The van der Waals surface area contributed by atoms with Gasteiger partial charge < -0.3 is 13.8 Å². The molecule has 1 aliphatic rings. The number of likely N-dealkylation sites (N-methyl/N-ethyl adjacent to an activating group) is 1. The first-order valence-electron chi connectivity index (χ1n) is 7.32. The highest BCUT2D eigenvalue weighted by Gasteiger charge is 2.33. The topological polar surface area (TPSA) is 75.6 Å². The molecule has 1 aliphatic heterocycles. The zero-order valence-corrected chi connectivity index (χ0v) is 13.3. The maximum Gasteiger partial charge on any atom is 0.257 e. The van der Waals surface area contributed by atoms with E-state index in [4.69, 9.17) is 8.94 Å². The van der Waals surface area contributed by atoms with Crippen LogP contribution in [0.5, 0.6) is 0 Å². The molecule has 0 aliphatic carbocycles. The molecule has 0 spiro atoms. The smallest absolute Gasteiger partial charge is 0.257 e. The second-order valence-corrected chi connectivity index (χ2v) is 5.75. The summed E-state index contributed by atoms with van der Waals surface area (Å²) >= 11 is 0. The Hall–Kier alpha value is -2.15. The molecule has 2 aromatic rings. The molecule has 7 nitrogen and oxygen atoms in total. The van der Waals surface area contributed by atoms with Crippen LogP contribution in [-0.4, -0.2) is 52.5 Å². The molecule has 0 N–H and O–H groups in total. The van der Waals surface area contributed by atoms with Crippen molar-refractivity contribution in [3.8, 4) is 0 Å². The number of nitrogens with zero attached hydrogens (tertiary/aromatic N) is 4. The molecule has 22 heavy (non-hydrogen) atoms. The number of hydrogen-bond acceptors (Lipinski definition) is 6. The lowest BCUT2D eigenvalue weighted by Crippen LogP contribution is -2.49. The van der Waals surface area contributed by atoms with Crippen LogP contribution in [0.4, 0.5) is 0 Å². The first-order valence-corrected chi connectivity index (χ1v) is 7.32. The van der Waals surface area contributed by atoms with Gasteiger partial charge in [-0.1, -0.05) is 5.16 Å². The van der Waals surface area contributed by atoms with E-state index in [1.165, 1.54) is 0 Å². The number of aromatic nitrogens is 2. The van der Waals surface area contributed by atoms with Crippen molar-refractivity contribution in [1.29, 1.82) is 0 Å². The number of piperazine rings is 1. The summed E-state index contributed by atoms with van der Waals surface area (Å²) in [6.45, 7) is 7.40. The number of carbonyl (C=O) groups excluding carboxylic acids is 1. The summed E-state index contributed by atoms with van der Waals surface area (Å²) in [6, 6.07) is 1.72. The van der Waals surface area contributed by atoms with E-state index in [-0.39, 0.29) is 11.9 Å². The molecule has 2 aromatic heterocycles. The highest BCUT2D eigenvalue weighted by atomic mass is 16.5. The van der Waals surface area contributed by atoms with Crippen LogP contribution in [0.15, 0.2) is 15.0 Å². The predicted octanol–water partition coefficient (Wildman–Crippen LogP) is 1.72. The molecule has 3 rings (SSSR count). The van der Waals surface area contributed by atoms with Crippen molar-refractivity contribution in [2.75, 3.05) is 26.7 Å². The largest absolute Gasteiger partial charge is 0.466 e. The standard InChI is InChI=1S/C15H20N4O3/c1-9-7-12(10(2)21-9)15(20)19-6-5-18(4)13(8-19)14-16-11(3)17-22-14/h7,13H,5-6,8H2,1-4H3. The van der Waals surface area contributed by atoms with Crippen molar-refractivity contribution in [3.63, 3.8) is 0 Å². The van der Waals surface area contributed by atoms with E-state index >= 15 is 0 Å². The Morgan fingerprint density at radius 2 is 2.09 bits per heavy atom. The van der Waals surface area contributed by atoms with Gasteiger partial charge in [0.25, 0.3) is 5.91 Å². The van der Waals surface area contributed by atoms with Crippen LogP contribution in [0.25, 0.3) is 0 Å². The third-order valence-corrected chi connectivity index (χ3v) is 4.03. The molecular weight excluding hydrogens is 284 g/mol. The maximum absolute atomic E-state index is 12.7. The van der Waals surface area contributed by atoms with Crippen molar-refractivity contribution in [2.45, 2.75) is 26.8 Å². The zero-order chi connectivity index (χ0) is 15.9. The third kappa shape index (κ3) is 2.64. The van der Waals surface area contributed by atoms with Crippen LogP contribution in [0.2, 0.25) is 0 Å².